The first-order chi connectivity index (χ1) is 17.7. The Balaban J connectivity index is 1.25. The Hall–Kier alpha value is -3.42. The number of carbonyl (C=O) groups excluding carboxylic acids is 2. The van der Waals surface area contributed by atoms with Crippen molar-refractivity contribution in [1.29, 1.82) is 0 Å². The van der Waals surface area contributed by atoms with Crippen LogP contribution in [0.15, 0.2) is 46.5 Å². The molecular weight excluding hydrogens is 518 g/mol. The number of sulfonamides is 1. The number of amides is 1. The molecule has 3 heterocycles. The second-order valence-electron chi connectivity index (χ2n) is 8.64. The Morgan fingerprint density at radius 2 is 1.73 bits per heavy atom. The van der Waals surface area contributed by atoms with Gasteiger partial charge >= 0.3 is 0 Å². The SMILES string of the molecule is CC(=O)c1cc2c(cc1NC(=O)CSc1nnc(-c3ccc(S(=O)(=O)N4CCCC4)cc3)n1C)OCO2. The predicted molar refractivity (Wildman–Crippen MR) is 136 cm³/mol. The molecule has 2 aliphatic heterocycles. The van der Waals surface area contributed by atoms with E-state index >= 15 is 0 Å². The number of carbonyl (C=O) groups is 2. The average Bonchev–Trinajstić information content (AvgIpc) is 3.64. The topological polar surface area (TPSA) is 133 Å². The van der Waals surface area contributed by atoms with Crippen molar-refractivity contribution in [2.45, 2.75) is 29.8 Å². The molecular formula is C24H25N5O6S2. The molecule has 3 aromatic rings. The van der Waals surface area contributed by atoms with Gasteiger partial charge in [-0.3, -0.25) is 9.59 Å². The highest BCUT2D eigenvalue weighted by Gasteiger charge is 2.27. The van der Waals surface area contributed by atoms with Crippen LogP contribution in [0.4, 0.5) is 5.69 Å². The molecule has 0 bridgehead atoms. The van der Waals surface area contributed by atoms with Gasteiger partial charge in [0.25, 0.3) is 0 Å². The van der Waals surface area contributed by atoms with E-state index in [-0.39, 0.29) is 29.1 Å². The van der Waals surface area contributed by atoms with Crippen molar-refractivity contribution in [3.8, 4) is 22.9 Å². The minimum atomic E-state index is -3.49. The number of nitrogens with one attached hydrogen (secondary N) is 1. The maximum atomic E-state index is 12.8. The van der Waals surface area contributed by atoms with E-state index < -0.39 is 10.0 Å². The van der Waals surface area contributed by atoms with E-state index in [0.29, 0.717) is 52.4 Å². The number of hydrogen-bond donors (Lipinski definition) is 1. The predicted octanol–water partition coefficient (Wildman–Crippen LogP) is 2.93. The molecule has 11 nitrogen and oxygen atoms in total. The third kappa shape index (κ3) is 5.06. The summed E-state index contributed by atoms with van der Waals surface area (Å²) in [5.74, 6) is 0.967. The van der Waals surface area contributed by atoms with Crippen molar-refractivity contribution in [2.24, 2.45) is 7.05 Å². The highest BCUT2D eigenvalue weighted by molar-refractivity contribution is 7.99. The van der Waals surface area contributed by atoms with E-state index in [1.54, 1.807) is 48.0 Å². The number of ketones is 1. The molecule has 0 radical (unpaired) electrons. The van der Waals surface area contributed by atoms with Gasteiger partial charge in [0, 0.05) is 37.3 Å². The average molecular weight is 544 g/mol. The van der Waals surface area contributed by atoms with E-state index in [9.17, 15) is 18.0 Å². The number of anilines is 1. The largest absolute Gasteiger partial charge is 0.454 e. The van der Waals surface area contributed by atoms with Gasteiger partial charge in [0.05, 0.1) is 16.3 Å². The number of rotatable bonds is 8. The van der Waals surface area contributed by atoms with Crippen LogP contribution in [-0.2, 0) is 21.9 Å². The summed E-state index contributed by atoms with van der Waals surface area (Å²) in [6, 6.07) is 9.71. The van der Waals surface area contributed by atoms with Crippen molar-refractivity contribution in [3.63, 3.8) is 0 Å². The first-order valence-corrected chi connectivity index (χ1v) is 14.0. The monoisotopic (exact) mass is 543 g/mol. The van der Waals surface area contributed by atoms with Crippen LogP contribution in [0.2, 0.25) is 0 Å². The lowest BCUT2D eigenvalue weighted by Gasteiger charge is -2.15. The van der Waals surface area contributed by atoms with Gasteiger partial charge in [0.15, 0.2) is 28.3 Å². The molecule has 0 saturated carbocycles. The molecule has 0 aliphatic carbocycles. The molecule has 1 N–H and O–H groups in total. The Kier molecular flexibility index (Phi) is 6.92. The van der Waals surface area contributed by atoms with Gasteiger partial charge in [0.2, 0.25) is 22.7 Å². The smallest absolute Gasteiger partial charge is 0.243 e. The van der Waals surface area contributed by atoms with Gasteiger partial charge in [-0.05, 0) is 50.1 Å². The molecule has 194 valence electrons. The lowest BCUT2D eigenvalue weighted by Crippen LogP contribution is -2.27. The number of thioether (sulfide) groups is 1. The summed E-state index contributed by atoms with van der Waals surface area (Å²) in [6.45, 7) is 2.57. The highest BCUT2D eigenvalue weighted by atomic mass is 32.2. The molecule has 1 fully saturated rings. The van der Waals surface area contributed by atoms with E-state index in [2.05, 4.69) is 15.5 Å². The van der Waals surface area contributed by atoms with E-state index in [0.717, 1.165) is 12.8 Å². The van der Waals surface area contributed by atoms with Crippen LogP contribution in [0, 0.1) is 0 Å². The summed E-state index contributed by atoms with van der Waals surface area (Å²) in [6.07, 6.45) is 1.76. The van der Waals surface area contributed by atoms with Crippen molar-refractivity contribution in [1.82, 2.24) is 19.1 Å². The fourth-order valence-electron chi connectivity index (χ4n) is 4.20. The van der Waals surface area contributed by atoms with E-state index in [1.807, 2.05) is 0 Å². The molecule has 5 rings (SSSR count). The van der Waals surface area contributed by atoms with Crippen LogP contribution in [-0.4, -0.2) is 64.8 Å². The van der Waals surface area contributed by atoms with E-state index in [4.69, 9.17) is 9.47 Å². The number of ether oxygens (including phenoxy) is 2. The molecule has 13 heteroatoms. The number of aromatic nitrogens is 3. The molecule has 1 amide bonds. The van der Waals surface area contributed by atoms with Crippen LogP contribution in [0.25, 0.3) is 11.4 Å². The Labute approximate surface area is 218 Å². The second-order valence-corrected chi connectivity index (χ2v) is 11.5. The van der Waals surface area contributed by atoms with Crippen molar-refractivity contribution in [2.75, 3.05) is 31.0 Å². The van der Waals surface area contributed by atoms with Crippen LogP contribution in [0.5, 0.6) is 11.5 Å². The molecule has 0 unspecified atom stereocenters. The Bertz CT molecular complexity index is 1460. The molecule has 2 aliphatic rings. The number of Topliss-reactive ketones (excluding diaryl/α,β-unsaturated/α-hetero) is 1. The lowest BCUT2D eigenvalue weighted by atomic mass is 10.1. The van der Waals surface area contributed by atoms with Crippen LogP contribution in [0.3, 0.4) is 0 Å². The summed E-state index contributed by atoms with van der Waals surface area (Å²) in [5.41, 5.74) is 1.39. The molecule has 0 spiro atoms. The summed E-state index contributed by atoms with van der Waals surface area (Å²) in [5, 5.41) is 11.7. The highest BCUT2D eigenvalue weighted by Crippen LogP contribution is 2.37. The van der Waals surface area contributed by atoms with Gasteiger partial charge in [-0.15, -0.1) is 10.2 Å². The Morgan fingerprint density at radius 3 is 2.41 bits per heavy atom. The zero-order chi connectivity index (χ0) is 26.2. The summed E-state index contributed by atoms with van der Waals surface area (Å²) < 4.78 is 39.4. The maximum Gasteiger partial charge on any atom is 0.243 e. The maximum absolute atomic E-state index is 12.8. The minimum absolute atomic E-state index is 0.0325. The lowest BCUT2D eigenvalue weighted by molar-refractivity contribution is -0.113. The van der Waals surface area contributed by atoms with Gasteiger partial charge in [-0.1, -0.05) is 11.8 Å². The van der Waals surface area contributed by atoms with E-state index in [1.165, 1.54) is 23.0 Å². The number of hydrogen-bond acceptors (Lipinski definition) is 9. The van der Waals surface area contributed by atoms with Gasteiger partial charge in [-0.2, -0.15) is 4.31 Å². The van der Waals surface area contributed by atoms with Crippen molar-refractivity contribution in [3.05, 3.63) is 42.0 Å². The third-order valence-electron chi connectivity index (χ3n) is 6.15. The summed E-state index contributed by atoms with van der Waals surface area (Å²) in [4.78, 5) is 24.9. The molecule has 1 aromatic heterocycles. The fraction of sp³-hybridized carbons (Fsp3) is 0.333. The van der Waals surface area contributed by atoms with Crippen molar-refractivity contribution >= 4 is 39.2 Å². The number of fused-ring (bicyclic) bond motifs is 1. The number of nitrogens with zero attached hydrogens (tertiary/aromatic N) is 4. The standard InChI is InChI=1S/C24H25N5O6S2/c1-15(30)18-11-20-21(35-14-34-20)12-19(18)25-22(31)13-36-24-27-26-23(28(24)2)16-5-7-17(8-6-16)37(32,33)29-9-3-4-10-29/h5-8,11-12H,3-4,9-10,13-14H2,1-2H3,(H,25,31). The first kappa shape index (κ1) is 25.2. The Morgan fingerprint density at radius 1 is 1.05 bits per heavy atom. The van der Waals surface area contributed by atoms with Crippen LogP contribution in [0.1, 0.15) is 30.1 Å². The summed E-state index contributed by atoms with van der Waals surface area (Å²) >= 11 is 1.19. The van der Waals surface area contributed by atoms with Crippen molar-refractivity contribution < 1.29 is 27.5 Å². The normalized spacial score (nSPS) is 15.2. The van der Waals surface area contributed by atoms with Gasteiger partial charge < -0.3 is 19.4 Å². The second kappa shape index (κ2) is 10.1. The molecule has 2 aromatic carbocycles. The van der Waals surface area contributed by atoms with Gasteiger partial charge in [-0.25, -0.2) is 8.42 Å². The molecule has 1 saturated heterocycles. The van der Waals surface area contributed by atoms with Crippen LogP contribution < -0.4 is 14.8 Å². The minimum Gasteiger partial charge on any atom is -0.454 e. The molecule has 0 atom stereocenters. The zero-order valence-electron chi connectivity index (χ0n) is 20.3. The first-order valence-electron chi connectivity index (χ1n) is 11.6. The van der Waals surface area contributed by atoms with Gasteiger partial charge in [0.1, 0.15) is 0 Å². The molecule has 37 heavy (non-hydrogen) atoms. The zero-order valence-corrected chi connectivity index (χ0v) is 21.9. The fourth-order valence-corrected chi connectivity index (χ4v) is 6.43. The number of benzene rings is 2. The quantitative estimate of drug-likeness (QED) is 0.336. The third-order valence-corrected chi connectivity index (χ3v) is 9.08. The summed E-state index contributed by atoms with van der Waals surface area (Å²) in [7, 11) is -1.72. The van der Waals surface area contributed by atoms with Crippen LogP contribution >= 0.6 is 11.8 Å².